The van der Waals surface area contributed by atoms with E-state index in [0.29, 0.717) is 56.5 Å². The Balaban J connectivity index is 1.18. The molecule has 1 amide bonds. The van der Waals surface area contributed by atoms with Crippen molar-refractivity contribution >= 4 is 17.4 Å². The Hall–Kier alpha value is -5.57. The number of allylic oxidation sites excluding steroid dienone is 1. The molecule has 7 rings (SSSR count). The number of carbonyl (C=O) groups excluding carboxylic acids is 1. The Labute approximate surface area is 273 Å². The van der Waals surface area contributed by atoms with Gasteiger partial charge < -0.3 is 24.6 Å². The maximum atomic E-state index is 14.4. The van der Waals surface area contributed by atoms with Crippen LogP contribution < -0.4 is 19.7 Å². The van der Waals surface area contributed by atoms with E-state index in [4.69, 9.17) is 9.47 Å². The lowest BCUT2D eigenvalue weighted by Gasteiger charge is -2.38. The minimum absolute atomic E-state index is 0.0453. The average molecular weight is 630 g/mol. The summed E-state index contributed by atoms with van der Waals surface area (Å²) in [5.74, 6) is 1.71. The van der Waals surface area contributed by atoms with E-state index >= 15 is 0 Å². The van der Waals surface area contributed by atoms with Crippen LogP contribution in [0, 0.1) is 5.82 Å². The molecule has 47 heavy (non-hydrogen) atoms. The molecule has 0 aliphatic carbocycles. The van der Waals surface area contributed by atoms with Gasteiger partial charge >= 0.3 is 0 Å². The molecular weight excluding hydrogens is 593 g/mol. The predicted octanol–water partition coefficient (Wildman–Crippen LogP) is 6.82. The molecule has 0 spiro atoms. The van der Waals surface area contributed by atoms with Crippen molar-refractivity contribution in [1.82, 2.24) is 14.7 Å². The number of benzene rings is 4. The summed E-state index contributed by atoms with van der Waals surface area (Å²) in [6, 6.07) is 33.8. The summed E-state index contributed by atoms with van der Waals surface area (Å²) in [6.07, 6.45) is 1.74. The lowest BCUT2D eigenvalue weighted by atomic mass is 9.93. The molecule has 0 saturated carbocycles. The van der Waals surface area contributed by atoms with Gasteiger partial charge in [-0.15, -0.1) is 0 Å². The van der Waals surface area contributed by atoms with Crippen LogP contribution in [-0.2, 0) is 18.0 Å². The van der Waals surface area contributed by atoms with Crippen LogP contribution in [0.1, 0.15) is 29.7 Å². The van der Waals surface area contributed by atoms with Crippen LogP contribution in [-0.4, -0.2) is 46.8 Å². The monoisotopic (exact) mass is 629 g/mol. The van der Waals surface area contributed by atoms with Crippen molar-refractivity contribution in [3.8, 4) is 11.5 Å². The van der Waals surface area contributed by atoms with E-state index in [1.807, 2.05) is 101 Å². The third kappa shape index (κ3) is 6.56. The van der Waals surface area contributed by atoms with E-state index in [1.165, 1.54) is 12.1 Å². The quantitative estimate of drug-likeness (QED) is 0.193. The van der Waals surface area contributed by atoms with Crippen LogP contribution in [0.15, 0.2) is 127 Å². The Kier molecular flexibility index (Phi) is 8.60. The second kappa shape index (κ2) is 13.4. The molecular formula is C38H36FN5O3. The second-order valence-corrected chi connectivity index (χ2v) is 11.7. The molecule has 2 aliphatic rings. The number of anilines is 2. The van der Waals surface area contributed by atoms with Gasteiger partial charge in [-0.25, -0.2) is 9.07 Å². The van der Waals surface area contributed by atoms with Gasteiger partial charge in [0.15, 0.2) is 11.5 Å². The summed E-state index contributed by atoms with van der Waals surface area (Å²) >= 11 is 0. The number of ether oxygens (including phenoxy) is 2. The van der Waals surface area contributed by atoms with E-state index in [1.54, 1.807) is 18.3 Å². The molecule has 0 bridgehead atoms. The summed E-state index contributed by atoms with van der Waals surface area (Å²) in [5.41, 5.74) is 5.31. The molecule has 1 saturated heterocycles. The summed E-state index contributed by atoms with van der Waals surface area (Å²) in [5, 5.41) is 8.04. The van der Waals surface area contributed by atoms with E-state index < -0.39 is 6.04 Å². The first kappa shape index (κ1) is 30.1. The van der Waals surface area contributed by atoms with Gasteiger partial charge in [-0.2, -0.15) is 5.10 Å². The van der Waals surface area contributed by atoms with Gasteiger partial charge in [0, 0.05) is 43.6 Å². The van der Waals surface area contributed by atoms with E-state index in [0.717, 1.165) is 33.9 Å². The summed E-state index contributed by atoms with van der Waals surface area (Å²) in [7, 11) is 0. The molecule has 1 unspecified atom stereocenters. The smallest absolute Gasteiger partial charge is 0.254 e. The third-order valence-corrected chi connectivity index (χ3v) is 8.65. The molecule has 1 atom stereocenters. The van der Waals surface area contributed by atoms with Crippen molar-refractivity contribution in [3.05, 3.63) is 149 Å². The van der Waals surface area contributed by atoms with Gasteiger partial charge in [0.25, 0.3) is 5.91 Å². The van der Waals surface area contributed by atoms with Gasteiger partial charge in [0.2, 0.25) is 0 Å². The van der Waals surface area contributed by atoms with Crippen molar-refractivity contribution in [1.29, 1.82) is 0 Å². The minimum atomic E-state index is -0.480. The van der Waals surface area contributed by atoms with Gasteiger partial charge in [-0.3, -0.25) is 4.79 Å². The Morgan fingerprint density at radius 1 is 0.809 bits per heavy atom. The van der Waals surface area contributed by atoms with Crippen molar-refractivity contribution in [2.24, 2.45) is 0 Å². The lowest BCUT2D eigenvalue weighted by molar-refractivity contribution is -0.128. The van der Waals surface area contributed by atoms with Gasteiger partial charge in [-0.1, -0.05) is 66.7 Å². The van der Waals surface area contributed by atoms with Gasteiger partial charge in [-0.05, 0) is 60.0 Å². The highest BCUT2D eigenvalue weighted by Crippen LogP contribution is 2.40. The van der Waals surface area contributed by atoms with Crippen LogP contribution in [0.3, 0.4) is 0 Å². The number of piperazine rings is 1. The Bertz CT molecular complexity index is 1870. The number of halogens is 1. The number of nitrogens with one attached hydrogen (secondary N) is 1. The standard InChI is InChI=1S/C38H36FN5O3/c1-27-36(38(45)43-22-20-42(21-23-43)32-15-13-31(39)14-16-32)37(44-35(41-27)18-19-40-44)30-12-17-33(46-25-28-8-4-2-5-9-28)34(24-30)47-26-29-10-6-3-7-11-29/h2-19,24,37,41H,20-23,25-26H2,1H3. The topological polar surface area (TPSA) is 71.9 Å². The minimum Gasteiger partial charge on any atom is -0.485 e. The first-order chi connectivity index (χ1) is 23.0. The number of carbonyl (C=O) groups is 1. The van der Waals surface area contributed by atoms with E-state index in [-0.39, 0.29) is 11.7 Å². The number of hydrogen-bond donors (Lipinski definition) is 1. The van der Waals surface area contributed by atoms with Crippen molar-refractivity contribution in [2.45, 2.75) is 26.2 Å². The fourth-order valence-corrected chi connectivity index (χ4v) is 6.18. The van der Waals surface area contributed by atoms with E-state index in [2.05, 4.69) is 15.3 Å². The predicted molar refractivity (Wildman–Crippen MR) is 180 cm³/mol. The molecule has 1 fully saturated rings. The fraction of sp³-hybridized carbons (Fsp3) is 0.211. The number of nitrogens with zero attached hydrogens (tertiary/aromatic N) is 4. The van der Waals surface area contributed by atoms with Crippen LogP contribution in [0.5, 0.6) is 11.5 Å². The normalized spacial score (nSPS) is 16.0. The molecule has 2 aliphatic heterocycles. The molecule has 1 aromatic heterocycles. The summed E-state index contributed by atoms with van der Waals surface area (Å²) < 4.78 is 28.0. The number of amides is 1. The lowest BCUT2D eigenvalue weighted by Crippen LogP contribution is -2.50. The second-order valence-electron chi connectivity index (χ2n) is 11.7. The van der Waals surface area contributed by atoms with Crippen LogP contribution in [0.2, 0.25) is 0 Å². The molecule has 8 nitrogen and oxygen atoms in total. The first-order valence-corrected chi connectivity index (χ1v) is 15.8. The molecule has 1 N–H and O–H groups in total. The van der Waals surface area contributed by atoms with Crippen LogP contribution in [0.4, 0.5) is 15.9 Å². The largest absolute Gasteiger partial charge is 0.485 e. The number of hydrogen-bond acceptors (Lipinski definition) is 6. The Morgan fingerprint density at radius 2 is 1.45 bits per heavy atom. The van der Waals surface area contributed by atoms with Gasteiger partial charge in [0.05, 0.1) is 11.8 Å². The van der Waals surface area contributed by atoms with Gasteiger partial charge in [0.1, 0.15) is 30.9 Å². The summed E-state index contributed by atoms with van der Waals surface area (Å²) in [6.45, 7) is 5.09. The van der Waals surface area contributed by atoms with Crippen molar-refractivity contribution in [3.63, 3.8) is 0 Å². The van der Waals surface area contributed by atoms with Crippen molar-refractivity contribution in [2.75, 3.05) is 36.4 Å². The maximum Gasteiger partial charge on any atom is 0.254 e. The highest BCUT2D eigenvalue weighted by Gasteiger charge is 2.36. The molecule has 5 aromatic rings. The highest BCUT2D eigenvalue weighted by atomic mass is 19.1. The SMILES string of the molecule is CC1=C(C(=O)N2CCN(c3ccc(F)cc3)CC2)C(c2ccc(OCc3ccccc3)c(OCc3ccccc3)c2)n2nccc2N1. The molecule has 3 heterocycles. The number of fused-ring (bicyclic) bond motifs is 1. The maximum absolute atomic E-state index is 14.4. The zero-order valence-electron chi connectivity index (χ0n) is 26.2. The van der Waals surface area contributed by atoms with Crippen LogP contribution in [0.25, 0.3) is 0 Å². The highest BCUT2D eigenvalue weighted by molar-refractivity contribution is 5.97. The first-order valence-electron chi connectivity index (χ1n) is 15.8. The number of aromatic nitrogens is 2. The molecule has 9 heteroatoms. The molecule has 238 valence electrons. The fourth-order valence-electron chi connectivity index (χ4n) is 6.18. The third-order valence-electron chi connectivity index (χ3n) is 8.65. The van der Waals surface area contributed by atoms with Crippen LogP contribution >= 0.6 is 0 Å². The zero-order chi connectivity index (χ0) is 32.2. The van der Waals surface area contributed by atoms with Crippen molar-refractivity contribution < 1.29 is 18.7 Å². The molecule has 0 radical (unpaired) electrons. The summed E-state index contributed by atoms with van der Waals surface area (Å²) in [4.78, 5) is 18.4. The molecule has 4 aromatic carbocycles. The Morgan fingerprint density at radius 3 is 2.11 bits per heavy atom. The number of rotatable bonds is 9. The average Bonchev–Trinajstić information content (AvgIpc) is 3.58. The zero-order valence-corrected chi connectivity index (χ0v) is 26.2. The van der Waals surface area contributed by atoms with E-state index in [9.17, 15) is 9.18 Å².